The third-order valence-corrected chi connectivity index (χ3v) is 2.91. The Morgan fingerprint density at radius 3 is 2.56 bits per heavy atom. The number of nitrogens with one attached hydrogen (secondary N) is 2. The van der Waals surface area contributed by atoms with Gasteiger partial charge in [-0.15, -0.1) is 0 Å². The Balaban J connectivity index is 1.97. The minimum atomic E-state index is 0.179. The lowest BCUT2D eigenvalue weighted by atomic mass is 10.1. The normalized spacial score (nSPS) is 17.3. The molecule has 0 aliphatic carbocycles. The van der Waals surface area contributed by atoms with Crippen molar-refractivity contribution in [2.75, 3.05) is 26.2 Å². The van der Waals surface area contributed by atoms with E-state index in [9.17, 15) is 4.79 Å². The van der Waals surface area contributed by atoms with Gasteiger partial charge in [-0.05, 0) is 6.42 Å². The highest BCUT2D eigenvalue weighted by Gasteiger charge is 2.11. The summed E-state index contributed by atoms with van der Waals surface area (Å²) in [5.74, 6) is 0.179. The molecule has 4 nitrogen and oxygen atoms in total. The first-order chi connectivity index (χ1) is 7.83. The van der Waals surface area contributed by atoms with Crippen LogP contribution in [0.25, 0.3) is 0 Å². The highest BCUT2D eigenvalue weighted by Crippen LogP contribution is 2.04. The summed E-state index contributed by atoms with van der Waals surface area (Å²) >= 11 is 0. The summed E-state index contributed by atoms with van der Waals surface area (Å²) in [6.07, 6.45) is 6.69. The van der Waals surface area contributed by atoms with E-state index in [0.29, 0.717) is 6.42 Å². The van der Waals surface area contributed by atoms with Gasteiger partial charge in [0.05, 0.1) is 0 Å². The van der Waals surface area contributed by atoms with E-state index >= 15 is 0 Å². The Bertz CT molecular complexity index is 191. The summed E-state index contributed by atoms with van der Waals surface area (Å²) in [5, 5.41) is 5.28. The average Bonchev–Trinajstić information content (AvgIpc) is 2.30. The van der Waals surface area contributed by atoms with Crippen molar-refractivity contribution in [3.63, 3.8) is 0 Å². The number of nitrogens with zero attached hydrogens (tertiary/aromatic N) is 1. The van der Waals surface area contributed by atoms with Crippen LogP contribution in [0.4, 0.5) is 0 Å². The molecule has 0 bridgehead atoms. The van der Waals surface area contributed by atoms with Crippen LogP contribution in [0.5, 0.6) is 0 Å². The van der Waals surface area contributed by atoms with Crippen molar-refractivity contribution >= 4 is 5.91 Å². The summed E-state index contributed by atoms with van der Waals surface area (Å²) in [7, 11) is 0. The summed E-state index contributed by atoms with van der Waals surface area (Å²) in [6, 6.07) is 0. The van der Waals surface area contributed by atoms with E-state index in [-0.39, 0.29) is 5.91 Å². The molecule has 1 aliphatic heterocycles. The fourth-order valence-corrected chi connectivity index (χ4v) is 1.90. The van der Waals surface area contributed by atoms with Gasteiger partial charge in [-0.1, -0.05) is 32.6 Å². The molecule has 0 aromatic carbocycles. The van der Waals surface area contributed by atoms with E-state index in [0.717, 1.165) is 32.6 Å². The maximum Gasteiger partial charge on any atom is 0.234 e. The minimum absolute atomic E-state index is 0.179. The largest absolute Gasteiger partial charge is 0.314 e. The predicted molar refractivity (Wildman–Crippen MR) is 66.0 cm³/mol. The molecule has 0 aromatic heterocycles. The van der Waals surface area contributed by atoms with Crippen LogP contribution in [0.3, 0.4) is 0 Å². The van der Waals surface area contributed by atoms with Crippen LogP contribution in [-0.2, 0) is 4.79 Å². The monoisotopic (exact) mass is 227 g/mol. The van der Waals surface area contributed by atoms with Gasteiger partial charge in [-0.2, -0.15) is 0 Å². The fraction of sp³-hybridized carbons (Fsp3) is 0.917. The maximum absolute atomic E-state index is 11.6. The Morgan fingerprint density at radius 1 is 1.19 bits per heavy atom. The molecule has 0 aromatic rings. The number of carbonyl (C=O) groups is 1. The van der Waals surface area contributed by atoms with Gasteiger partial charge < -0.3 is 5.32 Å². The second-order valence-electron chi connectivity index (χ2n) is 4.44. The Kier molecular flexibility index (Phi) is 7.17. The third kappa shape index (κ3) is 6.08. The van der Waals surface area contributed by atoms with Crippen LogP contribution in [0.2, 0.25) is 0 Å². The SMILES string of the molecule is CCCCCCCC(=O)NN1CCNCC1. The van der Waals surface area contributed by atoms with E-state index in [1.54, 1.807) is 0 Å². The molecule has 1 fully saturated rings. The first-order valence-electron chi connectivity index (χ1n) is 6.58. The van der Waals surface area contributed by atoms with Gasteiger partial charge in [0.25, 0.3) is 0 Å². The molecular formula is C12H25N3O. The predicted octanol–water partition coefficient (Wildman–Crippen LogP) is 1.28. The molecule has 0 radical (unpaired) electrons. The highest BCUT2D eigenvalue weighted by atomic mass is 16.2. The molecule has 1 saturated heterocycles. The van der Waals surface area contributed by atoms with E-state index in [2.05, 4.69) is 17.7 Å². The van der Waals surface area contributed by atoms with Crippen LogP contribution in [0, 0.1) is 0 Å². The zero-order valence-corrected chi connectivity index (χ0v) is 10.4. The van der Waals surface area contributed by atoms with Gasteiger partial charge in [0.2, 0.25) is 5.91 Å². The van der Waals surface area contributed by atoms with Crippen molar-refractivity contribution in [2.45, 2.75) is 45.4 Å². The number of carbonyl (C=O) groups excluding carboxylic acids is 1. The second-order valence-corrected chi connectivity index (χ2v) is 4.44. The van der Waals surface area contributed by atoms with E-state index in [1.165, 1.54) is 25.7 Å². The van der Waals surface area contributed by atoms with Crippen molar-refractivity contribution in [3.8, 4) is 0 Å². The standard InChI is InChI=1S/C12H25N3O/c1-2-3-4-5-6-7-12(16)14-15-10-8-13-9-11-15/h13H,2-11H2,1H3,(H,14,16). The maximum atomic E-state index is 11.6. The van der Waals surface area contributed by atoms with Crippen molar-refractivity contribution in [1.29, 1.82) is 0 Å². The molecule has 1 rings (SSSR count). The zero-order valence-electron chi connectivity index (χ0n) is 10.4. The molecule has 1 amide bonds. The van der Waals surface area contributed by atoms with Gasteiger partial charge in [-0.25, -0.2) is 5.01 Å². The van der Waals surface area contributed by atoms with Crippen LogP contribution in [0.1, 0.15) is 45.4 Å². The molecule has 0 atom stereocenters. The molecule has 0 saturated carbocycles. The Morgan fingerprint density at radius 2 is 1.88 bits per heavy atom. The molecule has 0 spiro atoms. The van der Waals surface area contributed by atoms with Gasteiger partial charge in [0.1, 0.15) is 0 Å². The lowest BCUT2D eigenvalue weighted by Crippen LogP contribution is -2.52. The van der Waals surface area contributed by atoms with Crippen molar-refractivity contribution < 1.29 is 4.79 Å². The fourth-order valence-electron chi connectivity index (χ4n) is 1.90. The van der Waals surface area contributed by atoms with E-state index < -0.39 is 0 Å². The Hall–Kier alpha value is -0.610. The average molecular weight is 227 g/mol. The van der Waals surface area contributed by atoms with Crippen LogP contribution < -0.4 is 10.7 Å². The summed E-state index contributed by atoms with van der Waals surface area (Å²) in [6.45, 7) is 5.98. The third-order valence-electron chi connectivity index (χ3n) is 2.91. The quantitative estimate of drug-likeness (QED) is 0.644. The number of hydrazine groups is 1. The molecule has 16 heavy (non-hydrogen) atoms. The topological polar surface area (TPSA) is 44.4 Å². The molecule has 94 valence electrons. The zero-order chi connectivity index (χ0) is 11.6. The summed E-state index contributed by atoms with van der Waals surface area (Å²) < 4.78 is 0. The van der Waals surface area contributed by atoms with Crippen LogP contribution in [-0.4, -0.2) is 37.1 Å². The van der Waals surface area contributed by atoms with Gasteiger partial charge in [-0.3, -0.25) is 10.2 Å². The van der Waals surface area contributed by atoms with Gasteiger partial charge in [0.15, 0.2) is 0 Å². The smallest absolute Gasteiger partial charge is 0.234 e. The van der Waals surface area contributed by atoms with Crippen molar-refractivity contribution in [1.82, 2.24) is 15.8 Å². The van der Waals surface area contributed by atoms with Crippen molar-refractivity contribution in [3.05, 3.63) is 0 Å². The number of piperazine rings is 1. The number of amides is 1. The van der Waals surface area contributed by atoms with Crippen molar-refractivity contribution in [2.24, 2.45) is 0 Å². The molecule has 1 heterocycles. The van der Waals surface area contributed by atoms with E-state index in [1.807, 2.05) is 5.01 Å². The number of rotatable bonds is 7. The first kappa shape index (κ1) is 13.5. The molecular weight excluding hydrogens is 202 g/mol. The molecule has 2 N–H and O–H groups in total. The Labute approximate surface area is 98.7 Å². The lowest BCUT2D eigenvalue weighted by molar-refractivity contribution is -0.126. The minimum Gasteiger partial charge on any atom is -0.314 e. The summed E-state index contributed by atoms with van der Waals surface area (Å²) in [5.41, 5.74) is 2.96. The number of unbranched alkanes of at least 4 members (excludes halogenated alkanes) is 4. The van der Waals surface area contributed by atoms with Gasteiger partial charge in [0, 0.05) is 32.6 Å². The second kappa shape index (κ2) is 8.53. The molecule has 1 aliphatic rings. The lowest BCUT2D eigenvalue weighted by Gasteiger charge is -2.27. The van der Waals surface area contributed by atoms with Crippen LogP contribution >= 0.6 is 0 Å². The van der Waals surface area contributed by atoms with Gasteiger partial charge >= 0.3 is 0 Å². The first-order valence-corrected chi connectivity index (χ1v) is 6.58. The summed E-state index contributed by atoms with van der Waals surface area (Å²) in [4.78, 5) is 11.6. The van der Waals surface area contributed by atoms with Crippen LogP contribution in [0.15, 0.2) is 0 Å². The highest BCUT2D eigenvalue weighted by molar-refractivity contribution is 5.75. The molecule has 4 heteroatoms. The van der Waals surface area contributed by atoms with E-state index in [4.69, 9.17) is 0 Å². The number of hydrogen-bond donors (Lipinski definition) is 2. The molecule has 0 unspecified atom stereocenters. The number of hydrogen-bond acceptors (Lipinski definition) is 3.